The van der Waals surface area contributed by atoms with Crippen LogP contribution in [0, 0.1) is 5.82 Å². The van der Waals surface area contributed by atoms with Crippen molar-refractivity contribution in [3.63, 3.8) is 0 Å². The van der Waals surface area contributed by atoms with Gasteiger partial charge in [0.25, 0.3) is 0 Å². The van der Waals surface area contributed by atoms with E-state index >= 15 is 4.39 Å². The van der Waals surface area contributed by atoms with E-state index in [2.05, 4.69) is 10.5 Å². The number of halogens is 1. The zero-order valence-corrected chi connectivity index (χ0v) is 16.0. The Bertz CT molecular complexity index is 950. The Labute approximate surface area is 162 Å². The number of rotatable bonds is 5. The van der Waals surface area contributed by atoms with Gasteiger partial charge in [0, 0.05) is 25.2 Å². The normalized spacial score (nSPS) is 19.9. The lowest BCUT2D eigenvalue weighted by Crippen LogP contribution is -2.46. The summed E-state index contributed by atoms with van der Waals surface area (Å²) in [5.74, 6) is -0.0363. The molecule has 0 saturated carbocycles. The average molecular weight is 385 g/mol. The van der Waals surface area contributed by atoms with Crippen LogP contribution in [0.4, 0.5) is 15.9 Å². The van der Waals surface area contributed by atoms with Gasteiger partial charge in [0.15, 0.2) is 11.6 Å². The Balaban J connectivity index is 1.68. The van der Waals surface area contributed by atoms with Gasteiger partial charge in [-0.1, -0.05) is 35.5 Å². The molecule has 1 aromatic heterocycles. The smallest absolute Gasteiger partial charge is 0.206 e. The molecule has 1 saturated heterocycles. The van der Waals surface area contributed by atoms with Crippen molar-refractivity contribution in [1.82, 2.24) is 5.16 Å². The molecule has 148 valence electrons. The van der Waals surface area contributed by atoms with Crippen molar-refractivity contribution < 1.29 is 18.8 Å². The molecule has 4 rings (SSSR count). The number of aliphatic hydroxyl groups is 1. The van der Waals surface area contributed by atoms with Crippen molar-refractivity contribution in [2.24, 2.45) is 0 Å². The van der Waals surface area contributed by atoms with E-state index in [1.807, 2.05) is 49.1 Å². The number of fused-ring (bicyclic) bond motifs is 1. The van der Waals surface area contributed by atoms with E-state index in [4.69, 9.17) is 9.26 Å². The van der Waals surface area contributed by atoms with E-state index in [-0.39, 0.29) is 24.4 Å². The van der Waals surface area contributed by atoms with Gasteiger partial charge in [-0.15, -0.1) is 0 Å². The third-order valence-corrected chi connectivity index (χ3v) is 4.97. The van der Waals surface area contributed by atoms with Gasteiger partial charge < -0.3 is 24.6 Å². The summed E-state index contributed by atoms with van der Waals surface area (Å²) in [6.07, 6.45) is -0.0496. The molecule has 1 aliphatic heterocycles. The average Bonchev–Trinajstić information content (AvgIpc) is 3.09. The zero-order chi connectivity index (χ0) is 19.7. The quantitative estimate of drug-likeness (QED) is 0.698. The number of hydrogen-bond donors (Lipinski definition) is 2. The van der Waals surface area contributed by atoms with Gasteiger partial charge in [-0.3, -0.25) is 0 Å². The number of aliphatic hydroxyl groups excluding tert-OH is 1. The zero-order valence-electron chi connectivity index (χ0n) is 16.0. The van der Waals surface area contributed by atoms with E-state index in [1.54, 1.807) is 6.07 Å². The Morgan fingerprint density at radius 1 is 1.21 bits per heavy atom. The monoisotopic (exact) mass is 385 g/mol. The maximum absolute atomic E-state index is 15.4. The van der Waals surface area contributed by atoms with Gasteiger partial charge >= 0.3 is 0 Å². The van der Waals surface area contributed by atoms with Crippen molar-refractivity contribution >= 4 is 22.5 Å². The predicted octanol–water partition coefficient (Wildman–Crippen LogP) is 3.68. The van der Waals surface area contributed by atoms with Crippen molar-refractivity contribution in [3.8, 4) is 0 Å². The number of hydrogen-bond acceptors (Lipinski definition) is 6. The van der Waals surface area contributed by atoms with Crippen LogP contribution in [0.25, 0.3) is 11.0 Å². The van der Waals surface area contributed by atoms with Gasteiger partial charge in [0.1, 0.15) is 0 Å². The largest absolute Gasteiger partial charge is 0.392 e. The van der Waals surface area contributed by atoms with E-state index in [0.717, 1.165) is 5.56 Å². The lowest BCUT2D eigenvalue weighted by molar-refractivity contribution is -0.00549. The minimum absolute atomic E-state index is 0.0248. The van der Waals surface area contributed by atoms with E-state index in [0.29, 0.717) is 42.1 Å². The highest BCUT2D eigenvalue weighted by molar-refractivity contribution is 5.92. The lowest BCUT2D eigenvalue weighted by Gasteiger charge is -2.37. The molecule has 7 heteroatoms. The molecule has 2 aromatic carbocycles. The van der Waals surface area contributed by atoms with Crippen LogP contribution in [-0.2, 0) is 17.9 Å². The molecule has 0 bridgehead atoms. The fourth-order valence-electron chi connectivity index (χ4n) is 3.81. The number of morpholine rings is 1. The topological polar surface area (TPSA) is 70.8 Å². The lowest BCUT2D eigenvalue weighted by atomic mass is 10.1. The van der Waals surface area contributed by atoms with Crippen molar-refractivity contribution in [1.29, 1.82) is 0 Å². The summed E-state index contributed by atoms with van der Waals surface area (Å²) >= 11 is 0. The number of nitrogens with zero attached hydrogens (tertiary/aromatic N) is 2. The first-order chi connectivity index (χ1) is 13.6. The summed E-state index contributed by atoms with van der Waals surface area (Å²) in [5.41, 5.74) is 2.05. The van der Waals surface area contributed by atoms with Crippen LogP contribution in [0.2, 0.25) is 0 Å². The molecule has 0 radical (unpaired) electrons. The molecule has 1 fully saturated rings. The molecule has 2 atom stereocenters. The molecule has 1 aliphatic rings. The molecule has 3 aromatic rings. The third-order valence-electron chi connectivity index (χ3n) is 4.97. The van der Waals surface area contributed by atoms with Gasteiger partial charge in [0.2, 0.25) is 5.58 Å². The van der Waals surface area contributed by atoms with Crippen LogP contribution in [0.3, 0.4) is 0 Å². The van der Waals surface area contributed by atoms with E-state index < -0.39 is 5.82 Å². The SMILES string of the molecule is C[C@@H]1CN(c2c(CO)cc3c(NCc4ccccc4)noc3c2F)C[C@H](C)O1. The molecular weight excluding hydrogens is 361 g/mol. The van der Waals surface area contributed by atoms with Crippen molar-refractivity contribution in [3.05, 3.63) is 53.3 Å². The van der Waals surface area contributed by atoms with Gasteiger partial charge in [0.05, 0.1) is 29.9 Å². The minimum atomic E-state index is -0.497. The first-order valence-electron chi connectivity index (χ1n) is 9.46. The van der Waals surface area contributed by atoms with Gasteiger partial charge in [-0.05, 0) is 25.5 Å². The molecule has 2 N–H and O–H groups in total. The van der Waals surface area contributed by atoms with Crippen LogP contribution < -0.4 is 10.2 Å². The fourth-order valence-corrected chi connectivity index (χ4v) is 3.81. The van der Waals surface area contributed by atoms with E-state index in [1.165, 1.54) is 0 Å². The highest BCUT2D eigenvalue weighted by atomic mass is 19.1. The fraction of sp³-hybridized carbons (Fsp3) is 0.381. The standard InChI is InChI=1S/C21H24FN3O3/c1-13-10-25(11-14(2)27-13)19-16(12-26)8-17-20(18(19)22)28-24-21(17)23-9-15-6-4-3-5-7-15/h3-8,13-14,26H,9-12H2,1-2H3,(H,23,24)/t13-,14+. The minimum Gasteiger partial charge on any atom is -0.392 e. The summed E-state index contributed by atoms with van der Waals surface area (Å²) < 4.78 is 26.4. The molecule has 0 spiro atoms. The Morgan fingerprint density at radius 3 is 2.61 bits per heavy atom. The molecule has 6 nitrogen and oxygen atoms in total. The van der Waals surface area contributed by atoms with Crippen LogP contribution >= 0.6 is 0 Å². The second-order valence-corrected chi connectivity index (χ2v) is 7.27. The number of aromatic nitrogens is 1. The molecule has 0 aliphatic carbocycles. The van der Waals surface area contributed by atoms with Crippen LogP contribution in [0.1, 0.15) is 25.0 Å². The Morgan fingerprint density at radius 2 is 1.93 bits per heavy atom. The number of nitrogens with one attached hydrogen (secondary N) is 1. The number of ether oxygens (including phenoxy) is 1. The summed E-state index contributed by atoms with van der Waals surface area (Å²) in [6.45, 7) is 5.28. The molecule has 2 heterocycles. The molecular formula is C21H24FN3O3. The second kappa shape index (κ2) is 7.77. The summed E-state index contributed by atoms with van der Waals surface area (Å²) in [5, 5.41) is 17.6. The number of anilines is 2. The van der Waals surface area contributed by atoms with Gasteiger partial charge in [-0.2, -0.15) is 0 Å². The summed E-state index contributed by atoms with van der Waals surface area (Å²) in [4.78, 5) is 1.92. The van der Waals surface area contributed by atoms with Crippen molar-refractivity contribution in [2.75, 3.05) is 23.3 Å². The molecule has 28 heavy (non-hydrogen) atoms. The maximum Gasteiger partial charge on any atom is 0.206 e. The first kappa shape index (κ1) is 18.7. The van der Waals surface area contributed by atoms with Crippen molar-refractivity contribution in [2.45, 2.75) is 39.2 Å². The Hall–Kier alpha value is -2.64. The van der Waals surface area contributed by atoms with Gasteiger partial charge in [-0.25, -0.2) is 4.39 Å². The Kier molecular flexibility index (Phi) is 5.19. The molecule has 0 amide bonds. The summed E-state index contributed by atoms with van der Waals surface area (Å²) in [7, 11) is 0. The highest BCUT2D eigenvalue weighted by Crippen LogP contribution is 2.36. The van der Waals surface area contributed by atoms with Crippen LogP contribution in [-0.4, -0.2) is 35.6 Å². The third kappa shape index (κ3) is 3.55. The highest BCUT2D eigenvalue weighted by Gasteiger charge is 2.29. The summed E-state index contributed by atoms with van der Waals surface area (Å²) in [6, 6.07) is 11.6. The number of benzene rings is 2. The first-order valence-corrected chi connectivity index (χ1v) is 9.46. The van der Waals surface area contributed by atoms with Crippen LogP contribution in [0.15, 0.2) is 40.9 Å². The van der Waals surface area contributed by atoms with E-state index in [9.17, 15) is 5.11 Å². The second-order valence-electron chi connectivity index (χ2n) is 7.27. The van der Waals surface area contributed by atoms with Crippen LogP contribution in [0.5, 0.6) is 0 Å². The molecule has 0 unspecified atom stereocenters. The maximum atomic E-state index is 15.4. The predicted molar refractivity (Wildman–Crippen MR) is 106 cm³/mol.